The monoisotopic (exact) mass is 638 g/mol. The molecule has 3 nitrogen and oxygen atoms in total. The Balaban J connectivity index is 2.59. The van der Waals surface area contributed by atoms with Crippen molar-refractivity contribution in [1.82, 2.24) is 0 Å². The van der Waals surface area contributed by atoms with E-state index in [4.69, 9.17) is 9.05 Å². The van der Waals surface area contributed by atoms with E-state index >= 15 is 0 Å². The highest BCUT2D eigenvalue weighted by molar-refractivity contribution is 9.10. The summed E-state index contributed by atoms with van der Waals surface area (Å²) in [4.78, 5) is 0. The average molecular weight is 638 g/mol. The number of aliphatic hydroxyl groups is 1. The summed E-state index contributed by atoms with van der Waals surface area (Å²) < 4.78 is 13.4. The molecule has 0 bridgehead atoms. The van der Waals surface area contributed by atoms with Gasteiger partial charge in [-0.05, 0) is 52.0 Å². The van der Waals surface area contributed by atoms with Crippen LogP contribution in [0, 0.1) is 10.8 Å². The molecule has 0 aromatic carbocycles. The van der Waals surface area contributed by atoms with Crippen LogP contribution in [0.3, 0.4) is 0 Å². The van der Waals surface area contributed by atoms with Gasteiger partial charge < -0.3 is 14.2 Å². The highest BCUT2D eigenvalue weighted by Gasteiger charge is 2.75. The molecule has 0 spiro atoms. The molecule has 2 rings (SSSR count). The third-order valence-corrected chi connectivity index (χ3v) is 54.6. The second-order valence-electron chi connectivity index (χ2n) is 8.40. The van der Waals surface area contributed by atoms with Crippen molar-refractivity contribution in [1.29, 1.82) is 0 Å². The molecule has 30 heavy (non-hydrogen) atoms. The van der Waals surface area contributed by atoms with Gasteiger partial charge in [-0.1, -0.05) is 49.3 Å². The lowest BCUT2D eigenvalue weighted by atomic mass is 9.58. The number of hydrogen-bond donors (Lipinski definition) is 1. The van der Waals surface area contributed by atoms with Gasteiger partial charge in [-0.3, -0.25) is 0 Å². The van der Waals surface area contributed by atoms with E-state index in [1.165, 1.54) is 5.57 Å². The van der Waals surface area contributed by atoms with Crippen LogP contribution in [0.25, 0.3) is 0 Å². The van der Waals surface area contributed by atoms with Gasteiger partial charge in [0.25, 0.3) is 0 Å². The molecular weight excluding hydrogens is 600 g/mol. The first-order chi connectivity index (χ1) is 13.9. The van der Waals surface area contributed by atoms with E-state index in [1.54, 1.807) is 0 Å². The smallest absolute Gasteiger partial charge is 0.104 e. The van der Waals surface area contributed by atoms with Crippen molar-refractivity contribution in [2.75, 3.05) is 0 Å². The van der Waals surface area contributed by atoms with E-state index in [9.17, 15) is 5.11 Å². The fourth-order valence-corrected chi connectivity index (χ4v) is 72.9. The Hall–Kier alpha value is 4.78. The number of hydrogen-bond acceptors (Lipinski definition) is 3. The van der Waals surface area contributed by atoms with Gasteiger partial charge in [0.05, 0.1) is 25.1 Å². The molecule has 1 N–H and O–H groups in total. The molecule has 2 fully saturated rings. The molecule has 0 amide bonds. The second kappa shape index (κ2) is 13.0. The lowest BCUT2D eigenvalue weighted by molar-refractivity contribution is -0.117. The van der Waals surface area contributed by atoms with Gasteiger partial charge in [0.2, 0.25) is 0 Å². The molecule has 14 atom stereocenters. The van der Waals surface area contributed by atoms with Crippen LogP contribution in [-0.2, 0) is 9.05 Å². The molecule has 0 saturated heterocycles. The minimum absolute atomic E-state index is 0.0373. The molecule has 176 valence electrons. The predicted octanol–water partition coefficient (Wildman–Crippen LogP) is 9.57. The van der Waals surface area contributed by atoms with Crippen molar-refractivity contribution >= 4 is 98.5 Å². The van der Waals surface area contributed by atoms with E-state index in [0.29, 0.717) is 8.50 Å². The van der Waals surface area contributed by atoms with Gasteiger partial charge in [0, 0.05) is 15.5 Å². The first-order valence-corrected chi connectivity index (χ1v) is 30.0. The Morgan fingerprint density at radius 2 is 1.80 bits per heavy atom. The van der Waals surface area contributed by atoms with Gasteiger partial charge in [0.1, 0.15) is 5.60 Å². The molecule has 2 aliphatic rings. The van der Waals surface area contributed by atoms with Crippen LogP contribution in [0.4, 0.5) is 0 Å². The highest BCUT2D eigenvalue weighted by atomic mass is 33.1. The average Bonchev–Trinajstić information content (AvgIpc) is 3.03. The Kier molecular flexibility index (Phi) is 13.5. The van der Waals surface area contributed by atoms with Crippen molar-refractivity contribution in [2.24, 2.45) is 10.8 Å². The maximum atomic E-state index is 12.3. The molecule has 0 aliphatic heterocycles. The SMILES string of the molecule is CC/C=C(/C)C12C(OP(P(P)P)P(PP)P(P)P)CCC1(O)C(OPP)CC2(C)C. The van der Waals surface area contributed by atoms with E-state index in [0.717, 1.165) is 33.6 Å². The van der Waals surface area contributed by atoms with Crippen LogP contribution in [0.1, 0.15) is 53.4 Å². The highest BCUT2D eigenvalue weighted by Crippen LogP contribution is 3.09. The molecule has 2 aliphatic carbocycles. The van der Waals surface area contributed by atoms with Crippen LogP contribution in [0.15, 0.2) is 11.6 Å². The zero-order valence-electron chi connectivity index (χ0n) is 18.1. The Bertz CT molecular complexity index is 620. The summed E-state index contributed by atoms with van der Waals surface area (Å²) in [5.41, 5.74) is -0.0775. The van der Waals surface area contributed by atoms with Gasteiger partial charge in [-0.15, -0.1) is 44.6 Å². The summed E-state index contributed by atoms with van der Waals surface area (Å²) in [6.45, 7) is 8.36. The molecule has 0 aromatic heterocycles. The zero-order chi connectivity index (χ0) is 22.9. The minimum atomic E-state index is -0.870. The van der Waals surface area contributed by atoms with Crippen molar-refractivity contribution in [3.8, 4) is 0 Å². The number of rotatable bonds is 10. The molecule has 2 saturated carbocycles. The summed E-state index contributed by atoms with van der Waals surface area (Å²) in [5, 5.41) is 12.3. The normalized spacial score (nSPS) is 36.6. The van der Waals surface area contributed by atoms with Crippen LogP contribution >= 0.6 is 98.5 Å². The van der Waals surface area contributed by atoms with Crippen molar-refractivity contribution in [3.05, 3.63) is 11.6 Å². The lowest BCUT2D eigenvalue weighted by Crippen LogP contribution is -2.56. The Morgan fingerprint density at radius 3 is 2.27 bits per heavy atom. The Morgan fingerprint density at radius 1 is 1.17 bits per heavy atom. The summed E-state index contributed by atoms with van der Waals surface area (Å²) in [7, 11) is 18.5. The maximum Gasteiger partial charge on any atom is 0.104 e. The third-order valence-electron chi connectivity index (χ3n) is 6.51. The van der Waals surface area contributed by atoms with Crippen LogP contribution in [0.5, 0.6) is 0 Å². The molecule has 0 heterocycles. The van der Waals surface area contributed by atoms with E-state index < -0.39 is 18.5 Å². The summed E-state index contributed by atoms with van der Waals surface area (Å²) in [5.74, 6) is 0. The number of fused-ring (bicyclic) bond motifs is 1. The third kappa shape index (κ3) is 5.77. The second-order valence-corrected chi connectivity index (χ2v) is 44.1. The standard InChI is InChI=1S/C15H38O3P12/c1-5-6-10(2)15-11(18-27(28(21)22)30(26-20)29(23)24)7-8-14(15,16)12(17-25-19)9-13(15,3)4/h6,11-12,16,25-26H,5,7-9,19-24H2,1-4H3/b10-6-. The fourth-order valence-electron chi connectivity index (χ4n) is 5.74. The van der Waals surface area contributed by atoms with Crippen molar-refractivity contribution in [2.45, 2.75) is 71.2 Å². The largest absolute Gasteiger partial charge is 0.386 e. The summed E-state index contributed by atoms with van der Waals surface area (Å²) in [6, 6.07) is 0. The molecule has 15 heteroatoms. The maximum absolute atomic E-state index is 12.3. The predicted molar refractivity (Wildman–Crippen MR) is 171 cm³/mol. The van der Waals surface area contributed by atoms with Crippen LogP contribution < -0.4 is 0 Å². The molecular formula is C15H38O3P12. The quantitative estimate of drug-likeness (QED) is 0.192. The zero-order valence-corrected chi connectivity index (χ0v) is 30.6. The van der Waals surface area contributed by atoms with Crippen LogP contribution in [-0.4, -0.2) is 22.9 Å². The molecule has 14 unspecified atom stereocenters. The van der Waals surface area contributed by atoms with E-state index in [-0.39, 0.29) is 38.6 Å². The van der Waals surface area contributed by atoms with Crippen LogP contribution in [0.2, 0.25) is 0 Å². The Labute approximate surface area is 205 Å². The first kappa shape index (κ1) is 31.0. The topological polar surface area (TPSA) is 38.7 Å². The van der Waals surface area contributed by atoms with Gasteiger partial charge >= 0.3 is 0 Å². The lowest BCUT2D eigenvalue weighted by Gasteiger charge is -2.51. The molecule has 0 aromatic rings. The minimum Gasteiger partial charge on any atom is -0.386 e. The van der Waals surface area contributed by atoms with E-state index in [2.05, 4.69) is 87.3 Å². The first-order valence-electron chi connectivity index (χ1n) is 9.77. The fraction of sp³-hybridized carbons (Fsp3) is 0.867. The van der Waals surface area contributed by atoms with Gasteiger partial charge in [0.15, 0.2) is 0 Å². The molecule has 0 radical (unpaired) electrons. The summed E-state index contributed by atoms with van der Waals surface area (Å²) >= 11 is 0. The van der Waals surface area contributed by atoms with Crippen molar-refractivity contribution in [3.63, 3.8) is 0 Å². The van der Waals surface area contributed by atoms with Gasteiger partial charge in [-0.25, -0.2) is 0 Å². The van der Waals surface area contributed by atoms with Gasteiger partial charge in [-0.2, -0.15) is 0 Å². The summed E-state index contributed by atoms with van der Waals surface area (Å²) in [6.07, 6.45) is 5.72. The number of allylic oxidation sites excluding steroid dienone is 1. The van der Waals surface area contributed by atoms with E-state index in [1.807, 2.05) is 0 Å². The van der Waals surface area contributed by atoms with Crippen molar-refractivity contribution < 1.29 is 14.2 Å².